The van der Waals surface area contributed by atoms with Crippen LogP contribution in [0, 0.1) is 5.41 Å². The average molecular weight is 293 g/mol. The van der Waals surface area contributed by atoms with Crippen LogP contribution in [-0.4, -0.2) is 60.9 Å². The number of nitrogens with zero attached hydrogens (tertiary/aromatic N) is 2. The van der Waals surface area contributed by atoms with Gasteiger partial charge in [-0.2, -0.15) is 0 Å². The third-order valence-electron chi connectivity index (χ3n) is 5.38. The van der Waals surface area contributed by atoms with E-state index in [2.05, 4.69) is 10.2 Å². The van der Waals surface area contributed by atoms with Crippen molar-refractivity contribution in [3.63, 3.8) is 0 Å². The Bertz CT molecular complexity index is 378. The molecule has 1 spiro atoms. The molecule has 0 radical (unpaired) electrons. The summed E-state index contributed by atoms with van der Waals surface area (Å²) < 4.78 is 0. The molecule has 1 aliphatic carbocycles. The fraction of sp³-hybridized carbons (Fsp3) is 0.875. The molecule has 21 heavy (non-hydrogen) atoms. The lowest BCUT2D eigenvalue weighted by molar-refractivity contribution is -0.153. The molecule has 0 aromatic heterocycles. The zero-order valence-corrected chi connectivity index (χ0v) is 12.9. The second-order valence-electron chi connectivity index (χ2n) is 6.94. The Morgan fingerprint density at radius 2 is 1.57 bits per heavy atom. The Labute approximate surface area is 127 Å². The van der Waals surface area contributed by atoms with Crippen LogP contribution in [0.25, 0.3) is 0 Å². The summed E-state index contributed by atoms with van der Waals surface area (Å²) >= 11 is 0. The molecule has 5 nitrogen and oxygen atoms in total. The van der Waals surface area contributed by atoms with Crippen LogP contribution in [0.15, 0.2) is 0 Å². The van der Waals surface area contributed by atoms with Crippen LogP contribution in [0.4, 0.5) is 0 Å². The van der Waals surface area contributed by atoms with Crippen LogP contribution < -0.4 is 5.32 Å². The van der Waals surface area contributed by atoms with Crippen molar-refractivity contribution in [2.45, 2.75) is 44.9 Å². The highest BCUT2D eigenvalue weighted by Crippen LogP contribution is 2.46. The molecule has 0 unspecified atom stereocenters. The largest absolute Gasteiger partial charge is 0.314 e. The van der Waals surface area contributed by atoms with Crippen molar-refractivity contribution in [3.05, 3.63) is 0 Å². The molecule has 3 fully saturated rings. The van der Waals surface area contributed by atoms with Gasteiger partial charge in [-0.25, -0.2) is 0 Å². The highest BCUT2D eigenvalue weighted by atomic mass is 16.2. The molecule has 0 aromatic carbocycles. The first kappa shape index (κ1) is 15.0. The highest BCUT2D eigenvalue weighted by molar-refractivity contribution is 5.98. The maximum Gasteiger partial charge on any atom is 0.229 e. The van der Waals surface area contributed by atoms with E-state index < -0.39 is 0 Å². The summed E-state index contributed by atoms with van der Waals surface area (Å²) in [5.74, 6) is 0.155. The lowest BCUT2D eigenvalue weighted by Gasteiger charge is -2.37. The molecule has 2 saturated heterocycles. The van der Waals surface area contributed by atoms with E-state index in [9.17, 15) is 9.59 Å². The molecule has 118 valence electrons. The van der Waals surface area contributed by atoms with Gasteiger partial charge >= 0.3 is 0 Å². The van der Waals surface area contributed by atoms with Crippen LogP contribution in [-0.2, 0) is 9.59 Å². The molecule has 1 saturated carbocycles. The number of likely N-dealkylation sites (tertiary alicyclic amines) is 1. The summed E-state index contributed by atoms with van der Waals surface area (Å²) in [5.41, 5.74) is 0.0310. The zero-order valence-electron chi connectivity index (χ0n) is 12.9. The van der Waals surface area contributed by atoms with Gasteiger partial charge in [0.05, 0.1) is 0 Å². The summed E-state index contributed by atoms with van der Waals surface area (Å²) in [7, 11) is 0. The van der Waals surface area contributed by atoms with Gasteiger partial charge in [-0.1, -0.05) is 12.8 Å². The first-order valence-electron chi connectivity index (χ1n) is 8.45. The third kappa shape index (κ3) is 3.46. The van der Waals surface area contributed by atoms with Gasteiger partial charge in [0.15, 0.2) is 0 Å². The van der Waals surface area contributed by atoms with Crippen LogP contribution in [0.3, 0.4) is 0 Å². The normalized spacial score (nSPS) is 26.8. The van der Waals surface area contributed by atoms with Crippen molar-refractivity contribution in [2.24, 2.45) is 5.41 Å². The van der Waals surface area contributed by atoms with Gasteiger partial charge in [-0.3, -0.25) is 14.5 Å². The first-order valence-corrected chi connectivity index (χ1v) is 8.45. The number of carbonyl (C=O) groups is 2. The van der Waals surface area contributed by atoms with Crippen LogP contribution in [0.2, 0.25) is 0 Å². The smallest absolute Gasteiger partial charge is 0.229 e. The monoisotopic (exact) mass is 293 g/mol. The van der Waals surface area contributed by atoms with Crippen molar-refractivity contribution >= 4 is 11.8 Å². The molecule has 3 rings (SSSR count). The maximum absolute atomic E-state index is 12.3. The number of amides is 2. The molecule has 2 aliphatic heterocycles. The van der Waals surface area contributed by atoms with Gasteiger partial charge < -0.3 is 10.2 Å². The first-order chi connectivity index (χ1) is 10.2. The number of nitrogens with one attached hydrogen (secondary N) is 1. The lowest BCUT2D eigenvalue weighted by Crippen LogP contribution is -2.48. The molecule has 2 heterocycles. The van der Waals surface area contributed by atoms with Gasteiger partial charge in [0.2, 0.25) is 11.8 Å². The number of piperazine rings is 1. The average Bonchev–Trinajstić information content (AvgIpc) is 2.91. The number of imide groups is 1. The zero-order chi connectivity index (χ0) is 14.7. The standard InChI is InChI=1S/C16H27N3O2/c20-14-12-16(4-1-2-5-16)13-15(21)19(14)9-3-8-18-10-6-17-7-11-18/h17H,1-13H2. The van der Waals surface area contributed by atoms with E-state index in [0.717, 1.165) is 52.0 Å². The molecule has 5 heteroatoms. The second kappa shape index (κ2) is 6.44. The minimum atomic E-state index is 0.0310. The molecule has 0 atom stereocenters. The van der Waals surface area contributed by atoms with Crippen molar-refractivity contribution in [1.29, 1.82) is 0 Å². The molecule has 0 aromatic rings. The number of hydrogen-bond acceptors (Lipinski definition) is 4. The topological polar surface area (TPSA) is 52.7 Å². The number of hydrogen-bond donors (Lipinski definition) is 1. The minimum absolute atomic E-state index is 0.0310. The molecule has 1 N–H and O–H groups in total. The van der Waals surface area contributed by atoms with Crippen molar-refractivity contribution in [3.8, 4) is 0 Å². The van der Waals surface area contributed by atoms with Crippen molar-refractivity contribution < 1.29 is 9.59 Å². The Morgan fingerprint density at radius 1 is 0.952 bits per heavy atom. The Hall–Kier alpha value is -0.940. The fourth-order valence-electron chi connectivity index (χ4n) is 4.15. The Morgan fingerprint density at radius 3 is 2.19 bits per heavy atom. The van der Waals surface area contributed by atoms with E-state index in [-0.39, 0.29) is 17.2 Å². The van der Waals surface area contributed by atoms with Crippen LogP contribution >= 0.6 is 0 Å². The summed E-state index contributed by atoms with van der Waals surface area (Å²) in [6.45, 7) is 5.84. The summed E-state index contributed by atoms with van der Waals surface area (Å²) in [6, 6.07) is 0. The molecular formula is C16H27N3O2. The summed E-state index contributed by atoms with van der Waals surface area (Å²) in [5, 5.41) is 3.34. The van der Waals surface area contributed by atoms with E-state index in [0.29, 0.717) is 19.4 Å². The van der Waals surface area contributed by atoms with E-state index in [1.807, 2.05) is 0 Å². The molecule has 0 bridgehead atoms. The predicted octanol–water partition coefficient (Wildman–Crippen LogP) is 0.991. The minimum Gasteiger partial charge on any atom is -0.314 e. The SMILES string of the molecule is O=C1CC2(CCCC2)CC(=O)N1CCCN1CCNCC1. The van der Waals surface area contributed by atoms with Crippen LogP contribution in [0.5, 0.6) is 0 Å². The Kier molecular flexibility index (Phi) is 4.60. The molecule has 2 amide bonds. The number of rotatable bonds is 4. The third-order valence-corrected chi connectivity index (χ3v) is 5.38. The van der Waals surface area contributed by atoms with E-state index in [4.69, 9.17) is 0 Å². The van der Waals surface area contributed by atoms with Crippen molar-refractivity contribution in [1.82, 2.24) is 15.1 Å². The molecular weight excluding hydrogens is 266 g/mol. The van der Waals surface area contributed by atoms with Gasteiger partial charge in [-0.15, -0.1) is 0 Å². The van der Waals surface area contributed by atoms with Crippen molar-refractivity contribution in [2.75, 3.05) is 39.3 Å². The number of piperidine rings is 1. The summed E-state index contributed by atoms with van der Waals surface area (Å²) in [4.78, 5) is 28.6. The van der Waals surface area contributed by atoms with Gasteiger partial charge in [0.25, 0.3) is 0 Å². The summed E-state index contributed by atoms with van der Waals surface area (Å²) in [6.07, 6.45) is 6.62. The maximum atomic E-state index is 12.3. The predicted molar refractivity (Wildman–Crippen MR) is 80.8 cm³/mol. The number of carbonyl (C=O) groups excluding carboxylic acids is 2. The Balaban J connectivity index is 1.47. The van der Waals surface area contributed by atoms with Gasteiger partial charge in [0, 0.05) is 45.6 Å². The van der Waals surface area contributed by atoms with Gasteiger partial charge in [0.1, 0.15) is 0 Å². The fourth-order valence-corrected chi connectivity index (χ4v) is 4.15. The van der Waals surface area contributed by atoms with E-state index in [1.54, 1.807) is 0 Å². The van der Waals surface area contributed by atoms with Gasteiger partial charge in [-0.05, 0) is 31.2 Å². The highest BCUT2D eigenvalue weighted by Gasteiger charge is 2.44. The lowest BCUT2D eigenvalue weighted by atomic mass is 9.76. The van der Waals surface area contributed by atoms with E-state index >= 15 is 0 Å². The molecule has 3 aliphatic rings. The van der Waals surface area contributed by atoms with Crippen LogP contribution in [0.1, 0.15) is 44.9 Å². The quantitative estimate of drug-likeness (QED) is 0.786. The van der Waals surface area contributed by atoms with E-state index in [1.165, 1.54) is 17.7 Å². The second-order valence-corrected chi connectivity index (χ2v) is 6.94.